The van der Waals surface area contributed by atoms with E-state index in [9.17, 15) is 0 Å². The summed E-state index contributed by atoms with van der Waals surface area (Å²) in [4.78, 5) is 2.80. The Bertz CT molecular complexity index is 229. The molecule has 0 aromatic carbocycles. The van der Waals surface area contributed by atoms with Crippen LogP contribution in [0.2, 0.25) is 0 Å². The van der Waals surface area contributed by atoms with E-state index >= 15 is 0 Å². The van der Waals surface area contributed by atoms with E-state index in [0.29, 0.717) is 0 Å². The molecule has 0 aromatic heterocycles. The number of hydrogen-bond donors (Lipinski definition) is 1. The highest BCUT2D eigenvalue weighted by Crippen LogP contribution is 2.24. The van der Waals surface area contributed by atoms with Gasteiger partial charge in [-0.3, -0.25) is 0 Å². The zero-order valence-electron chi connectivity index (χ0n) is 13.2. The molecule has 2 aliphatic carbocycles. The molecule has 2 nitrogen and oxygen atoms in total. The van der Waals surface area contributed by atoms with Crippen LogP contribution in [0.3, 0.4) is 0 Å². The zero-order valence-corrected chi connectivity index (χ0v) is 13.2. The SMILES string of the molecule is CC(C)CN(CCCCCNC1CC1)C1CCCC1. The first-order valence-electron chi connectivity index (χ1n) is 8.73. The molecule has 112 valence electrons. The van der Waals surface area contributed by atoms with Crippen LogP contribution in [0.5, 0.6) is 0 Å². The van der Waals surface area contributed by atoms with Crippen molar-refractivity contribution in [3.8, 4) is 0 Å². The number of nitrogens with zero attached hydrogens (tertiary/aromatic N) is 1. The summed E-state index contributed by atoms with van der Waals surface area (Å²) in [7, 11) is 0. The monoisotopic (exact) mass is 266 g/mol. The molecule has 0 amide bonds. The molecule has 0 bridgehead atoms. The van der Waals surface area contributed by atoms with E-state index in [2.05, 4.69) is 24.1 Å². The quantitative estimate of drug-likeness (QED) is 0.605. The van der Waals surface area contributed by atoms with E-state index in [1.165, 1.54) is 77.4 Å². The summed E-state index contributed by atoms with van der Waals surface area (Å²) < 4.78 is 0. The first-order valence-corrected chi connectivity index (χ1v) is 8.73. The van der Waals surface area contributed by atoms with Gasteiger partial charge < -0.3 is 10.2 Å². The minimum absolute atomic E-state index is 0.817. The molecule has 2 saturated carbocycles. The number of hydrogen-bond acceptors (Lipinski definition) is 2. The molecule has 1 N–H and O–H groups in total. The fraction of sp³-hybridized carbons (Fsp3) is 1.00. The molecule has 2 fully saturated rings. The lowest BCUT2D eigenvalue weighted by molar-refractivity contribution is 0.173. The van der Waals surface area contributed by atoms with Crippen LogP contribution in [0.15, 0.2) is 0 Å². The predicted octanol–water partition coefficient (Wildman–Crippen LogP) is 3.81. The van der Waals surface area contributed by atoms with Crippen molar-refractivity contribution in [2.24, 2.45) is 5.92 Å². The number of rotatable bonds is 10. The standard InChI is InChI=1S/C17H34N2/c1-15(2)14-19(17-8-4-5-9-17)13-7-3-6-12-18-16-10-11-16/h15-18H,3-14H2,1-2H3. The molecule has 0 unspecified atom stereocenters. The van der Waals surface area contributed by atoms with Gasteiger partial charge in [0, 0.05) is 18.6 Å². The van der Waals surface area contributed by atoms with Crippen molar-refractivity contribution in [3.63, 3.8) is 0 Å². The molecule has 0 spiro atoms. The Labute approximate surface area is 120 Å². The summed E-state index contributed by atoms with van der Waals surface area (Å²) >= 11 is 0. The Morgan fingerprint density at radius 3 is 2.37 bits per heavy atom. The van der Waals surface area contributed by atoms with Crippen molar-refractivity contribution in [1.29, 1.82) is 0 Å². The van der Waals surface area contributed by atoms with Crippen molar-refractivity contribution in [2.75, 3.05) is 19.6 Å². The summed E-state index contributed by atoms with van der Waals surface area (Å²) in [6.07, 6.45) is 12.8. The van der Waals surface area contributed by atoms with Crippen molar-refractivity contribution < 1.29 is 0 Å². The predicted molar refractivity (Wildman–Crippen MR) is 83.5 cm³/mol. The van der Waals surface area contributed by atoms with Gasteiger partial charge in [0.2, 0.25) is 0 Å². The second kappa shape index (κ2) is 8.26. The first-order chi connectivity index (χ1) is 9.25. The van der Waals surface area contributed by atoms with Gasteiger partial charge in [-0.2, -0.15) is 0 Å². The van der Waals surface area contributed by atoms with Crippen LogP contribution in [-0.4, -0.2) is 36.6 Å². The van der Waals surface area contributed by atoms with E-state index in [0.717, 1.165) is 18.0 Å². The van der Waals surface area contributed by atoms with Gasteiger partial charge in [0.25, 0.3) is 0 Å². The third kappa shape index (κ3) is 6.27. The van der Waals surface area contributed by atoms with Crippen molar-refractivity contribution in [1.82, 2.24) is 10.2 Å². The number of nitrogens with one attached hydrogen (secondary N) is 1. The minimum atomic E-state index is 0.817. The van der Waals surface area contributed by atoms with E-state index in [1.807, 2.05) is 0 Å². The Hall–Kier alpha value is -0.0800. The molecule has 0 radical (unpaired) electrons. The van der Waals surface area contributed by atoms with Gasteiger partial charge in [0.1, 0.15) is 0 Å². The smallest absolute Gasteiger partial charge is 0.00953 e. The van der Waals surface area contributed by atoms with Crippen LogP contribution >= 0.6 is 0 Å². The lowest BCUT2D eigenvalue weighted by Gasteiger charge is -2.30. The molecule has 0 saturated heterocycles. The molecule has 0 atom stereocenters. The van der Waals surface area contributed by atoms with E-state index in [1.54, 1.807) is 0 Å². The van der Waals surface area contributed by atoms with Crippen molar-refractivity contribution >= 4 is 0 Å². The van der Waals surface area contributed by atoms with Gasteiger partial charge in [-0.1, -0.05) is 33.1 Å². The molecule has 2 aliphatic rings. The lowest BCUT2D eigenvalue weighted by atomic mass is 10.1. The molecule has 0 aliphatic heterocycles. The van der Waals surface area contributed by atoms with Crippen LogP contribution in [0.25, 0.3) is 0 Å². The maximum absolute atomic E-state index is 3.62. The Morgan fingerprint density at radius 1 is 1.00 bits per heavy atom. The highest BCUT2D eigenvalue weighted by molar-refractivity contribution is 4.80. The molecule has 2 rings (SSSR count). The fourth-order valence-corrected chi connectivity index (χ4v) is 3.37. The third-order valence-corrected chi connectivity index (χ3v) is 4.57. The van der Waals surface area contributed by atoms with Gasteiger partial charge in [-0.25, -0.2) is 0 Å². The Balaban J connectivity index is 1.55. The summed E-state index contributed by atoms with van der Waals surface area (Å²) in [5.74, 6) is 0.817. The highest BCUT2D eigenvalue weighted by atomic mass is 15.2. The third-order valence-electron chi connectivity index (χ3n) is 4.57. The summed E-state index contributed by atoms with van der Waals surface area (Å²) in [5, 5.41) is 3.62. The van der Waals surface area contributed by atoms with Crippen LogP contribution in [-0.2, 0) is 0 Å². The normalized spacial score (nSPS) is 20.8. The minimum Gasteiger partial charge on any atom is -0.314 e. The van der Waals surface area contributed by atoms with Gasteiger partial charge >= 0.3 is 0 Å². The van der Waals surface area contributed by atoms with Gasteiger partial charge in [0.15, 0.2) is 0 Å². The molecule has 19 heavy (non-hydrogen) atoms. The number of unbranched alkanes of at least 4 members (excludes halogenated alkanes) is 2. The van der Waals surface area contributed by atoms with E-state index in [4.69, 9.17) is 0 Å². The maximum atomic E-state index is 3.62. The highest BCUT2D eigenvalue weighted by Gasteiger charge is 2.22. The second-order valence-electron chi connectivity index (χ2n) is 7.12. The largest absolute Gasteiger partial charge is 0.314 e. The van der Waals surface area contributed by atoms with Gasteiger partial charge in [-0.15, -0.1) is 0 Å². The average Bonchev–Trinajstić information content (AvgIpc) is 3.03. The van der Waals surface area contributed by atoms with E-state index < -0.39 is 0 Å². The average molecular weight is 266 g/mol. The van der Waals surface area contributed by atoms with Crippen LogP contribution in [0, 0.1) is 5.92 Å². The van der Waals surface area contributed by atoms with E-state index in [-0.39, 0.29) is 0 Å². The fourth-order valence-electron chi connectivity index (χ4n) is 3.37. The van der Waals surface area contributed by atoms with Crippen LogP contribution < -0.4 is 5.32 Å². The molecule has 0 heterocycles. The molecule has 2 heteroatoms. The Kier molecular flexibility index (Phi) is 6.66. The summed E-state index contributed by atoms with van der Waals surface area (Å²) in [6.45, 7) is 8.62. The van der Waals surface area contributed by atoms with Crippen molar-refractivity contribution in [3.05, 3.63) is 0 Å². The molecular formula is C17H34N2. The van der Waals surface area contributed by atoms with Gasteiger partial charge in [-0.05, 0) is 57.5 Å². The first kappa shape index (κ1) is 15.3. The molecule has 0 aromatic rings. The van der Waals surface area contributed by atoms with Crippen LogP contribution in [0.4, 0.5) is 0 Å². The maximum Gasteiger partial charge on any atom is 0.00953 e. The van der Waals surface area contributed by atoms with Crippen molar-refractivity contribution in [2.45, 2.75) is 83.7 Å². The van der Waals surface area contributed by atoms with Gasteiger partial charge in [0.05, 0.1) is 0 Å². The Morgan fingerprint density at radius 2 is 1.74 bits per heavy atom. The topological polar surface area (TPSA) is 15.3 Å². The lowest BCUT2D eigenvalue weighted by Crippen LogP contribution is -2.37. The second-order valence-corrected chi connectivity index (χ2v) is 7.12. The molecular weight excluding hydrogens is 232 g/mol. The summed E-state index contributed by atoms with van der Waals surface area (Å²) in [5.41, 5.74) is 0. The van der Waals surface area contributed by atoms with Crippen LogP contribution in [0.1, 0.15) is 71.6 Å². The summed E-state index contributed by atoms with van der Waals surface area (Å²) in [6, 6.07) is 1.79. The zero-order chi connectivity index (χ0) is 13.5.